The maximum Gasteiger partial charge on any atom is 0.251 e. The van der Waals surface area contributed by atoms with Gasteiger partial charge >= 0.3 is 0 Å². The second kappa shape index (κ2) is 10.2. The fourth-order valence-electron chi connectivity index (χ4n) is 3.27. The molecule has 3 aromatic carbocycles. The van der Waals surface area contributed by atoms with Gasteiger partial charge in [-0.3, -0.25) is 4.79 Å². The Morgan fingerprint density at radius 2 is 1.50 bits per heavy atom. The zero-order valence-corrected chi connectivity index (χ0v) is 19.4. The molecule has 0 unspecified atom stereocenters. The lowest BCUT2D eigenvalue weighted by atomic mass is 9.87. The van der Waals surface area contributed by atoms with Crippen molar-refractivity contribution in [3.05, 3.63) is 89.0 Å². The Bertz CT molecular complexity index is 1030. The highest BCUT2D eigenvalue weighted by molar-refractivity contribution is 5.94. The molecule has 1 amide bonds. The maximum atomic E-state index is 12.7. The first-order valence-electron chi connectivity index (χ1n) is 10.6. The molecule has 168 valence electrons. The molecule has 32 heavy (non-hydrogen) atoms. The molecule has 0 bridgehead atoms. The fraction of sp³-hybridized carbons (Fsp3) is 0.296. The molecule has 5 heteroatoms. The normalized spacial score (nSPS) is 11.0. The predicted octanol–water partition coefficient (Wildman–Crippen LogP) is 5.51. The van der Waals surface area contributed by atoms with E-state index in [9.17, 15) is 4.79 Å². The Labute approximate surface area is 190 Å². The van der Waals surface area contributed by atoms with Gasteiger partial charge in [0.25, 0.3) is 5.91 Å². The molecule has 0 fully saturated rings. The molecule has 0 saturated heterocycles. The van der Waals surface area contributed by atoms with Crippen LogP contribution in [0.3, 0.4) is 0 Å². The third-order valence-corrected chi connectivity index (χ3v) is 5.27. The molecule has 0 aliphatic heterocycles. The standard InChI is InChI=1S/C27H31NO4/c1-27(2,3)22-9-13-24(14-10-22)32-18-21-16-20(8-15-25(21)31-5)26(29)28-17-19-6-11-23(30-4)12-7-19/h6-16H,17-18H2,1-5H3,(H,28,29). The SMILES string of the molecule is COc1ccc(CNC(=O)c2ccc(OC)c(COc3ccc(C(C)(C)C)cc3)c2)cc1. The molecule has 0 heterocycles. The minimum atomic E-state index is -0.153. The highest BCUT2D eigenvalue weighted by Gasteiger charge is 2.14. The van der Waals surface area contributed by atoms with E-state index in [2.05, 4.69) is 38.2 Å². The number of carbonyl (C=O) groups is 1. The van der Waals surface area contributed by atoms with Crippen LogP contribution in [0.5, 0.6) is 17.2 Å². The van der Waals surface area contributed by atoms with Gasteiger partial charge in [0.1, 0.15) is 23.9 Å². The average molecular weight is 434 g/mol. The number of methoxy groups -OCH3 is 2. The molecule has 0 spiro atoms. The van der Waals surface area contributed by atoms with Crippen molar-refractivity contribution in [1.82, 2.24) is 5.32 Å². The van der Waals surface area contributed by atoms with Crippen LogP contribution >= 0.6 is 0 Å². The summed E-state index contributed by atoms with van der Waals surface area (Å²) in [6.07, 6.45) is 0. The predicted molar refractivity (Wildman–Crippen MR) is 127 cm³/mol. The van der Waals surface area contributed by atoms with Gasteiger partial charge in [-0.1, -0.05) is 45.0 Å². The van der Waals surface area contributed by atoms with Crippen LogP contribution in [-0.4, -0.2) is 20.1 Å². The summed E-state index contributed by atoms with van der Waals surface area (Å²) in [5.41, 5.74) is 3.70. The van der Waals surface area contributed by atoms with Crippen LogP contribution < -0.4 is 19.5 Å². The van der Waals surface area contributed by atoms with Crippen molar-refractivity contribution in [3.63, 3.8) is 0 Å². The molecule has 0 atom stereocenters. The number of hydrogen-bond acceptors (Lipinski definition) is 4. The molecule has 0 aliphatic carbocycles. The molecule has 0 radical (unpaired) electrons. The Morgan fingerprint density at radius 3 is 2.09 bits per heavy atom. The summed E-state index contributed by atoms with van der Waals surface area (Å²) in [5, 5.41) is 2.95. The van der Waals surface area contributed by atoms with Crippen LogP contribution in [-0.2, 0) is 18.6 Å². The van der Waals surface area contributed by atoms with Crippen LogP contribution in [0.1, 0.15) is 47.8 Å². The van der Waals surface area contributed by atoms with E-state index < -0.39 is 0 Å². The Morgan fingerprint density at radius 1 is 0.844 bits per heavy atom. The van der Waals surface area contributed by atoms with Gasteiger partial charge in [-0.2, -0.15) is 0 Å². The highest BCUT2D eigenvalue weighted by atomic mass is 16.5. The summed E-state index contributed by atoms with van der Waals surface area (Å²) >= 11 is 0. The lowest BCUT2D eigenvalue weighted by molar-refractivity contribution is 0.0950. The fourth-order valence-corrected chi connectivity index (χ4v) is 3.27. The quantitative estimate of drug-likeness (QED) is 0.509. The summed E-state index contributed by atoms with van der Waals surface area (Å²) in [7, 11) is 3.24. The number of carbonyl (C=O) groups excluding carboxylic acids is 1. The molecule has 5 nitrogen and oxygen atoms in total. The first-order chi connectivity index (χ1) is 15.3. The minimum absolute atomic E-state index is 0.0925. The molecule has 1 N–H and O–H groups in total. The summed E-state index contributed by atoms with van der Waals surface area (Å²) in [6, 6.07) is 21.1. The minimum Gasteiger partial charge on any atom is -0.497 e. The first kappa shape index (κ1) is 23.2. The van der Waals surface area contributed by atoms with Gasteiger partial charge in [0.2, 0.25) is 0 Å². The molecule has 0 aliphatic rings. The number of rotatable bonds is 8. The van der Waals surface area contributed by atoms with Gasteiger partial charge in [0, 0.05) is 17.7 Å². The van der Waals surface area contributed by atoms with E-state index in [4.69, 9.17) is 14.2 Å². The molecule has 0 saturated carbocycles. The van der Waals surface area contributed by atoms with E-state index in [0.717, 1.165) is 22.6 Å². The van der Waals surface area contributed by atoms with Crippen molar-refractivity contribution in [1.29, 1.82) is 0 Å². The lowest BCUT2D eigenvalue weighted by Crippen LogP contribution is -2.23. The van der Waals surface area contributed by atoms with Crippen LogP contribution in [0.2, 0.25) is 0 Å². The average Bonchev–Trinajstić information content (AvgIpc) is 2.81. The third-order valence-electron chi connectivity index (χ3n) is 5.27. The monoisotopic (exact) mass is 433 g/mol. The van der Waals surface area contributed by atoms with Crippen molar-refractivity contribution >= 4 is 5.91 Å². The van der Waals surface area contributed by atoms with E-state index in [0.29, 0.717) is 24.5 Å². The van der Waals surface area contributed by atoms with Gasteiger partial charge in [0.15, 0.2) is 0 Å². The van der Waals surface area contributed by atoms with E-state index in [-0.39, 0.29) is 11.3 Å². The van der Waals surface area contributed by atoms with Crippen LogP contribution in [0.25, 0.3) is 0 Å². The van der Waals surface area contributed by atoms with E-state index >= 15 is 0 Å². The van der Waals surface area contributed by atoms with Gasteiger partial charge < -0.3 is 19.5 Å². The molecular weight excluding hydrogens is 402 g/mol. The largest absolute Gasteiger partial charge is 0.497 e. The number of amides is 1. The number of nitrogens with one attached hydrogen (secondary N) is 1. The van der Waals surface area contributed by atoms with Gasteiger partial charge in [-0.25, -0.2) is 0 Å². The second-order valence-electron chi connectivity index (χ2n) is 8.62. The Hall–Kier alpha value is -3.47. The zero-order chi connectivity index (χ0) is 23.1. The lowest BCUT2D eigenvalue weighted by Gasteiger charge is -2.19. The molecule has 0 aromatic heterocycles. The first-order valence-corrected chi connectivity index (χ1v) is 10.6. The summed E-state index contributed by atoms with van der Waals surface area (Å²) in [6.45, 7) is 7.27. The van der Waals surface area contributed by atoms with Crippen LogP contribution in [0.15, 0.2) is 66.7 Å². The topological polar surface area (TPSA) is 56.8 Å². The molecule has 3 aromatic rings. The van der Waals surface area contributed by atoms with Crippen molar-refractivity contribution < 1.29 is 19.0 Å². The van der Waals surface area contributed by atoms with Gasteiger partial charge in [0.05, 0.1) is 14.2 Å². The van der Waals surface area contributed by atoms with Crippen LogP contribution in [0, 0.1) is 0 Å². The molecular formula is C27H31NO4. The van der Waals surface area contributed by atoms with E-state index in [1.165, 1.54) is 5.56 Å². The van der Waals surface area contributed by atoms with Crippen LogP contribution in [0.4, 0.5) is 0 Å². The van der Waals surface area contributed by atoms with Crippen molar-refractivity contribution in [3.8, 4) is 17.2 Å². The van der Waals surface area contributed by atoms with Gasteiger partial charge in [-0.15, -0.1) is 0 Å². The van der Waals surface area contributed by atoms with Crippen molar-refractivity contribution in [2.75, 3.05) is 14.2 Å². The van der Waals surface area contributed by atoms with Crippen molar-refractivity contribution in [2.24, 2.45) is 0 Å². The second-order valence-corrected chi connectivity index (χ2v) is 8.62. The van der Waals surface area contributed by atoms with Gasteiger partial charge in [-0.05, 0) is 59.0 Å². The summed E-state index contributed by atoms with van der Waals surface area (Å²) in [4.78, 5) is 12.7. The number of ether oxygens (including phenoxy) is 3. The summed E-state index contributed by atoms with van der Waals surface area (Å²) in [5.74, 6) is 2.09. The Balaban J connectivity index is 1.65. The third kappa shape index (κ3) is 6.03. The smallest absolute Gasteiger partial charge is 0.251 e. The number of benzene rings is 3. The Kier molecular flexibility index (Phi) is 7.41. The zero-order valence-electron chi connectivity index (χ0n) is 19.4. The maximum absolute atomic E-state index is 12.7. The van der Waals surface area contributed by atoms with E-state index in [1.54, 1.807) is 26.4 Å². The number of hydrogen-bond donors (Lipinski definition) is 1. The highest BCUT2D eigenvalue weighted by Crippen LogP contribution is 2.26. The summed E-state index contributed by atoms with van der Waals surface area (Å²) < 4.78 is 16.6. The van der Waals surface area contributed by atoms with Crippen molar-refractivity contribution in [2.45, 2.75) is 39.3 Å². The van der Waals surface area contributed by atoms with E-state index in [1.807, 2.05) is 42.5 Å². The molecule has 3 rings (SSSR count).